The molecule has 6 nitrogen and oxygen atoms in total. The molecule has 2 amide bonds. The van der Waals surface area contributed by atoms with Gasteiger partial charge in [0.1, 0.15) is 5.69 Å². The van der Waals surface area contributed by atoms with Crippen molar-refractivity contribution in [2.45, 2.75) is 0 Å². The SMILES string of the molecule is O=C(Nc1ccc(Cl)cc1NC(=O)c1ccco1)c1cc(Cl)ccn1. The van der Waals surface area contributed by atoms with Crippen LogP contribution in [0.1, 0.15) is 21.0 Å². The molecule has 0 saturated carbocycles. The number of nitrogens with zero attached hydrogens (tertiary/aromatic N) is 1. The Kier molecular flexibility index (Phi) is 5.02. The zero-order valence-corrected chi connectivity index (χ0v) is 14.1. The van der Waals surface area contributed by atoms with Crippen molar-refractivity contribution in [1.82, 2.24) is 4.98 Å². The van der Waals surface area contributed by atoms with Gasteiger partial charge in [0.05, 0.1) is 17.6 Å². The van der Waals surface area contributed by atoms with Gasteiger partial charge in [0.15, 0.2) is 5.76 Å². The van der Waals surface area contributed by atoms with Crippen molar-refractivity contribution in [3.63, 3.8) is 0 Å². The normalized spacial score (nSPS) is 10.3. The van der Waals surface area contributed by atoms with Crippen LogP contribution in [0.5, 0.6) is 0 Å². The fourth-order valence-electron chi connectivity index (χ4n) is 2.04. The van der Waals surface area contributed by atoms with Gasteiger partial charge in [-0.2, -0.15) is 0 Å². The molecule has 0 unspecified atom stereocenters. The predicted molar refractivity (Wildman–Crippen MR) is 95.3 cm³/mol. The van der Waals surface area contributed by atoms with E-state index in [0.717, 1.165) is 0 Å². The number of hydrogen-bond acceptors (Lipinski definition) is 4. The maximum atomic E-state index is 12.3. The molecule has 0 bridgehead atoms. The van der Waals surface area contributed by atoms with E-state index in [2.05, 4.69) is 15.6 Å². The van der Waals surface area contributed by atoms with Gasteiger partial charge in [0, 0.05) is 16.2 Å². The molecule has 0 aliphatic rings. The lowest BCUT2D eigenvalue weighted by molar-refractivity contribution is 0.0992. The molecule has 8 heteroatoms. The Bertz CT molecular complexity index is 927. The third-order valence-electron chi connectivity index (χ3n) is 3.18. The Morgan fingerprint density at radius 2 is 1.68 bits per heavy atom. The summed E-state index contributed by atoms with van der Waals surface area (Å²) in [6.45, 7) is 0. The summed E-state index contributed by atoms with van der Waals surface area (Å²) >= 11 is 11.8. The van der Waals surface area contributed by atoms with E-state index in [0.29, 0.717) is 21.4 Å². The van der Waals surface area contributed by atoms with Crippen molar-refractivity contribution in [3.05, 3.63) is 76.4 Å². The van der Waals surface area contributed by atoms with E-state index < -0.39 is 11.8 Å². The molecule has 2 N–H and O–H groups in total. The third kappa shape index (κ3) is 4.17. The van der Waals surface area contributed by atoms with Crippen LogP contribution in [0.4, 0.5) is 11.4 Å². The molecular weight excluding hydrogens is 365 g/mol. The number of anilines is 2. The van der Waals surface area contributed by atoms with Crippen LogP contribution in [0.15, 0.2) is 59.3 Å². The maximum absolute atomic E-state index is 12.3. The maximum Gasteiger partial charge on any atom is 0.291 e. The first-order valence-electron chi connectivity index (χ1n) is 7.10. The molecule has 2 heterocycles. The molecule has 3 aromatic rings. The van der Waals surface area contributed by atoms with Crippen molar-refractivity contribution in [2.24, 2.45) is 0 Å². The topological polar surface area (TPSA) is 84.2 Å². The molecular formula is C17H11Cl2N3O3. The van der Waals surface area contributed by atoms with Gasteiger partial charge in [-0.1, -0.05) is 23.2 Å². The number of rotatable bonds is 4. The van der Waals surface area contributed by atoms with Crippen LogP contribution >= 0.6 is 23.2 Å². The largest absolute Gasteiger partial charge is 0.459 e. The number of nitrogens with one attached hydrogen (secondary N) is 2. The number of halogens is 2. The van der Waals surface area contributed by atoms with Gasteiger partial charge in [-0.15, -0.1) is 0 Å². The van der Waals surface area contributed by atoms with Gasteiger partial charge in [-0.25, -0.2) is 0 Å². The Morgan fingerprint density at radius 1 is 0.920 bits per heavy atom. The molecule has 0 fully saturated rings. The Hall–Kier alpha value is -2.83. The summed E-state index contributed by atoms with van der Waals surface area (Å²) < 4.78 is 5.04. The average molecular weight is 376 g/mol. The van der Waals surface area contributed by atoms with E-state index in [1.807, 2.05) is 0 Å². The predicted octanol–water partition coefficient (Wildman–Crippen LogP) is 4.49. The smallest absolute Gasteiger partial charge is 0.291 e. The minimum Gasteiger partial charge on any atom is -0.459 e. The van der Waals surface area contributed by atoms with Crippen molar-refractivity contribution < 1.29 is 14.0 Å². The average Bonchev–Trinajstić information content (AvgIpc) is 3.12. The number of furan rings is 1. The summed E-state index contributed by atoms with van der Waals surface area (Å²) in [6.07, 6.45) is 2.82. The van der Waals surface area contributed by atoms with Gasteiger partial charge in [0.25, 0.3) is 11.8 Å². The molecule has 2 aromatic heterocycles. The summed E-state index contributed by atoms with van der Waals surface area (Å²) in [5, 5.41) is 6.10. The lowest BCUT2D eigenvalue weighted by atomic mass is 10.2. The van der Waals surface area contributed by atoms with E-state index in [-0.39, 0.29) is 11.5 Å². The zero-order valence-electron chi connectivity index (χ0n) is 12.6. The number of aromatic nitrogens is 1. The van der Waals surface area contributed by atoms with E-state index in [1.165, 1.54) is 30.7 Å². The second kappa shape index (κ2) is 7.38. The van der Waals surface area contributed by atoms with Crippen molar-refractivity contribution in [1.29, 1.82) is 0 Å². The highest BCUT2D eigenvalue weighted by Crippen LogP contribution is 2.27. The molecule has 0 saturated heterocycles. The summed E-state index contributed by atoms with van der Waals surface area (Å²) in [7, 11) is 0. The highest BCUT2D eigenvalue weighted by Gasteiger charge is 2.15. The molecule has 0 aliphatic carbocycles. The highest BCUT2D eigenvalue weighted by atomic mass is 35.5. The molecule has 0 aliphatic heterocycles. The van der Waals surface area contributed by atoms with Crippen LogP contribution in [0.3, 0.4) is 0 Å². The first-order chi connectivity index (χ1) is 12.0. The lowest BCUT2D eigenvalue weighted by Gasteiger charge is -2.12. The van der Waals surface area contributed by atoms with Gasteiger partial charge in [-0.05, 0) is 42.5 Å². The van der Waals surface area contributed by atoms with Crippen LogP contribution in [0, 0.1) is 0 Å². The highest BCUT2D eigenvalue weighted by molar-refractivity contribution is 6.31. The lowest BCUT2D eigenvalue weighted by Crippen LogP contribution is -2.17. The molecule has 0 radical (unpaired) electrons. The van der Waals surface area contributed by atoms with Crippen molar-refractivity contribution >= 4 is 46.4 Å². The Morgan fingerprint density at radius 3 is 2.40 bits per heavy atom. The van der Waals surface area contributed by atoms with E-state index in [1.54, 1.807) is 24.3 Å². The van der Waals surface area contributed by atoms with Gasteiger partial charge in [-0.3, -0.25) is 14.6 Å². The first-order valence-corrected chi connectivity index (χ1v) is 7.86. The van der Waals surface area contributed by atoms with Crippen LogP contribution in [-0.2, 0) is 0 Å². The quantitative estimate of drug-likeness (QED) is 0.703. The fraction of sp³-hybridized carbons (Fsp3) is 0. The molecule has 0 spiro atoms. The summed E-state index contributed by atoms with van der Waals surface area (Å²) in [5.74, 6) is -0.810. The fourth-order valence-corrected chi connectivity index (χ4v) is 2.37. The van der Waals surface area contributed by atoms with Crippen LogP contribution in [0.25, 0.3) is 0 Å². The monoisotopic (exact) mass is 375 g/mol. The number of hydrogen-bond donors (Lipinski definition) is 2. The number of benzene rings is 1. The van der Waals surface area contributed by atoms with Crippen LogP contribution in [0.2, 0.25) is 10.0 Å². The second-order valence-corrected chi connectivity index (χ2v) is 5.81. The summed E-state index contributed by atoms with van der Waals surface area (Å²) in [5.41, 5.74) is 0.825. The van der Waals surface area contributed by atoms with Crippen molar-refractivity contribution in [2.75, 3.05) is 10.6 Å². The standard InChI is InChI=1S/C17H11Cl2N3O3/c18-10-3-4-12(21-16(23)14-9-11(19)5-6-20-14)13(8-10)22-17(24)15-2-1-7-25-15/h1-9H,(H,21,23)(H,22,24). The third-order valence-corrected chi connectivity index (χ3v) is 3.65. The Labute approximate surface area is 152 Å². The minimum absolute atomic E-state index is 0.133. The number of carbonyl (C=O) groups excluding carboxylic acids is 2. The zero-order chi connectivity index (χ0) is 17.8. The number of carbonyl (C=O) groups is 2. The van der Waals surface area contributed by atoms with Crippen LogP contribution < -0.4 is 10.6 Å². The van der Waals surface area contributed by atoms with E-state index >= 15 is 0 Å². The van der Waals surface area contributed by atoms with E-state index in [4.69, 9.17) is 27.6 Å². The second-order valence-electron chi connectivity index (χ2n) is 4.93. The Balaban J connectivity index is 1.84. The van der Waals surface area contributed by atoms with Gasteiger partial charge >= 0.3 is 0 Å². The number of amides is 2. The molecule has 3 rings (SSSR count). The summed E-state index contributed by atoms with van der Waals surface area (Å²) in [6, 6.07) is 10.8. The van der Waals surface area contributed by atoms with Crippen molar-refractivity contribution in [3.8, 4) is 0 Å². The molecule has 126 valence electrons. The van der Waals surface area contributed by atoms with Gasteiger partial charge < -0.3 is 15.1 Å². The van der Waals surface area contributed by atoms with Crippen LogP contribution in [-0.4, -0.2) is 16.8 Å². The molecule has 25 heavy (non-hydrogen) atoms. The summed E-state index contributed by atoms with van der Waals surface area (Å²) in [4.78, 5) is 28.4. The van der Waals surface area contributed by atoms with E-state index in [9.17, 15) is 9.59 Å². The minimum atomic E-state index is -0.474. The molecule has 1 aromatic carbocycles. The van der Waals surface area contributed by atoms with Gasteiger partial charge in [0.2, 0.25) is 0 Å². The first kappa shape index (κ1) is 17.0. The molecule has 0 atom stereocenters. The number of pyridine rings is 1.